The van der Waals surface area contributed by atoms with Crippen LogP contribution in [-0.2, 0) is 9.90 Å². The van der Waals surface area contributed by atoms with Crippen LogP contribution in [0.3, 0.4) is 0 Å². The van der Waals surface area contributed by atoms with Gasteiger partial charge in [0.25, 0.3) is 0 Å². The van der Waals surface area contributed by atoms with Crippen molar-refractivity contribution in [3.63, 3.8) is 0 Å². The number of hydrogen-bond acceptors (Lipinski definition) is 1. The van der Waals surface area contributed by atoms with E-state index in [4.69, 9.17) is 0 Å². The molecule has 0 aromatic heterocycles. The Hall–Kier alpha value is -0.790. The van der Waals surface area contributed by atoms with Crippen LogP contribution in [0.15, 0.2) is 12.2 Å². The highest BCUT2D eigenvalue weighted by molar-refractivity contribution is 5.79. The zero-order chi connectivity index (χ0) is 6.57. The quantitative estimate of drug-likeness (QED) is 0.495. The Kier molecular flexibility index (Phi) is 2.92. The number of carbonyl (C=O) groups excluding carboxylic acids is 1. The molecule has 0 aromatic rings. The van der Waals surface area contributed by atoms with Gasteiger partial charge in [0.1, 0.15) is 0 Å². The van der Waals surface area contributed by atoms with E-state index in [1.165, 1.54) is 0 Å². The second-order valence-corrected chi connectivity index (χ2v) is 1.92. The second-order valence-electron chi connectivity index (χ2n) is 1.92. The fraction of sp³-hybridized carbons (Fsp3) is 0.500. The summed E-state index contributed by atoms with van der Waals surface area (Å²) in [6, 6.07) is 0. The van der Waals surface area contributed by atoms with E-state index in [-0.39, 0.29) is 5.92 Å². The maximum atomic E-state index is 9.71. The largest absolute Gasteiger partial charge is 0.378 e. The topological polar surface area (TPSA) is 37.0 Å². The summed E-state index contributed by atoms with van der Waals surface area (Å²) >= 11 is 0. The summed E-state index contributed by atoms with van der Waals surface area (Å²) in [5.74, 6) is -0.841. The van der Waals surface area contributed by atoms with E-state index in [1.54, 1.807) is 6.08 Å². The molecule has 0 bridgehead atoms. The minimum absolute atomic E-state index is 0.285. The third kappa shape index (κ3) is 5.21. The summed E-state index contributed by atoms with van der Waals surface area (Å²) in [6.45, 7) is 3.80. The van der Waals surface area contributed by atoms with Crippen molar-refractivity contribution in [1.29, 1.82) is 0 Å². The van der Waals surface area contributed by atoms with Crippen LogP contribution in [0, 0.1) is 5.92 Å². The second kappa shape index (κ2) is 3.24. The summed E-state index contributed by atoms with van der Waals surface area (Å²) < 4.78 is 0. The molecule has 0 unspecified atom stereocenters. The Morgan fingerprint density at radius 2 is 2.00 bits per heavy atom. The van der Waals surface area contributed by atoms with Gasteiger partial charge in [-0.05, 0) is 5.92 Å². The SMILES string of the molecule is CC(C)C=CC([O])=O. The molecule has 0 aliphatic carbocycles. The molecule has 0 heterocycles. The van der Waals surface area contributed by atoms with Crippen LogP contribution in [0.2, 0.25) is 0 Å². The van der Waals surface area contributed by atoms with Crippen molar-refractivity contribution >= 4 is 5.97 Å². The lowest BCUT2D eigenvalue weighted by atomic mass is 10.2. The Labute approximate surface area is 48.8 Å². The van der Waals surface area contributed by atoms with Crippen LogP contribution in [0.4, 0.5) is 0 Å². The molecule has 1 radical (unpaired) electrons. The van der Waals surface area contributed by atoms with E-state index < -0.39 is 5.97 Å². The van der Waals surface area contributed by atoms with E-state index in [1.807, 2.05) is 13.8 Å². The molecular formula is C6H9O2. The van der Waals surface area contributed by atoms with Crippen LogP contribution in [-0.4, -0.2) is 5.97 Å². The van der Waals surface area contributed by atoms with Crippen LogP contribution < -0.4 is 0 Å². The molecule has 45 valence electrons. The summed E-state index contributed by atoms with van der Waals surface area (Å²) in [5.41, 5.74) is 0. The van der Waals surface area contributed by atoms with Gasteiger partial charge >= 0.3 is 5.97 Å². The van der Waals surface area contributed by atoms with Crippen molar-refractivity contribution in [2.45, 2.75) is 13.8 Å². The average Bonchev–Trinajstić information content (AvgIpc) is 1.61. The first-order valence-electron chi connectivity index (χ1n) is 2.52. The van der Waals surface area contributed by atoms with E-state index >= 15 is 0 Å². The van der Waals surface area contributed by atoms with Gasteiger partial charge < -0.3 is 0 Å². The fourth-order valence-corrected chi connectivity index (χ4v) is 0.271. The van der Waals surface area contributed by atoms with E-state index in [9.17, 15) is 9.90 Å². The first-order chi connectivity index (χ1) is 3.63. The summed E-state index contributed by atoms with van der Waals surface area (Å²) in [5, 5.41) is 9.71. The Bertz CT molecular complexity index is 103. The van der Waals surface area contributed by atoms with Crippen molar-refractivity contribution in [2.24, 2.45) is 5.92 Å². The highest BCUT2D eigenvalue weighted by atomic mass is 16.4. The van der Waals surface area contributed by atoms with Gasteiger partial charge in [0, 0.05) is 6.08 Å². The van der Waals surface area contributed by atoms with Gasteiger partial charge in [-0.1, -0.05) is 19.9 Å². The normalized spacial score (nSPS) is 10.9. The van der Waals surface area contributed by atoms with Crippen LogP contribution in [0.5, 0.6) is 0 Å². The average molecular weight is 113 g/mol. The van der Waals surface area contributed by atoms with Crippen molar-refractivity contribution in [3.8, 4) is 0 Å². The minimum Gasteiger partial charge on any atom is -0.242 e. The lowest BCUT2D eigenvalue weighted by Crippen LogP contribution is -1.85. The van der Waals surface area contributed by atoms with Gasteiger partial charge in [-0.2, -0.15) is 0 Å². The molecule has 0 N–H and O–H groups in total. The zero-order valence-electron chi connectivity index (χ0n) is 5.05. The smallest absolute Gasteiger partial charge is 0.242 e. The standard InChI is InChI=1S/C6H9O2/c1-5(2)3-4-6(7)8/h3-5H,1-2H3. The fourth-order valence-electron chi connectivity index (χ4n) is 0.271. The Morgan fingerprint density at radius 3 is 2.12 bits per heavy atom. The van der Waals surface area contributed by atoms with Gasteiger partial charge in [-0.3, -0.25) is 0 Å². The first kappa shape index (κ1) is 7.21. The molecule has 0 atom stereocenters. The summed E-state index contributed by atoms with van der Waals surface area (Å²) in [7, 11) is 0. The molecular weight excluding hydrogens is 104 g/mol. The third-order valence-electron chi connectivity index (χ3n) is 0.617. The van der Waals surface area contributed by atoms with Crippen molar-refractivity contribution in [1.82, 2.24) is 0 Å². The monoisotopic (exact) mass is 113 g/mol. The van der Waals surface area contributed by atoms with Gasteiger partial charge in [0.15, 0.2) is 0 Å². The van der Waals surface area contributed by atoms with Crippen LogP contribution >= 0.6 is 0 Å². The van der Waals surface area contributed by atoms with E-state index in [2.05, 4.69) is 0 Å². The number of hydrogen-bond donors (Lipinski definition) is 0. The predicted molar refractivity (Wildman–Crippen MR) is 29.7 cm³/mol. The van der Waals surface area contributed by atoms with Gasteiger partial charge in [-0.15, -0.1) is 0 Å². The minimum atomic E-state index is -1.13. The zero-order valence-corrected chi connectivity index (χ0v) is 5.05. The molecule has 2 nitrogen and oxygen atoms in total. The molecule has 2 heteroatoms. The maximum Gasteiger partial charge on any atom is 0.378 e. The van der Waals surface area contributed by atoms with Gasteiger partial charge in [0.2, 0.25) is 0 Å². The highest BCUT2D eigenvalue weighted by Crippen LogP contribution is 1.91. The molecule has 0 saturated heterocycles. The molecule has 0 aliphatic rings. The van der Waals surface area contributed by atoms with Crippen molar-refractivity contribution in [2.75, 3.05) is 0 Å². The number of rotatable bonds is 2. The molecule has 0 aliphatic heterocycles. The molecule has 0 amide bonds. The van der Waals surface area contributed by atoms with E-state index in [0.717, 1.165) is 6.08 Å². The number of allylic oxidation sites excluding steroid dienone is 1. The summed E-state index contributed by atoms with van der Waals surface area (Å²) in [4.78, 5) is 9.71. The first-order valence-corrected chi connectivity index (χ1v) is 2.52. The van der Waals surface area contributed by atoms with Crippen molar-refractivity contribution < 1.29 is 9.90 Å². The Morgan fingerprint density at radius 1 is 1.50 bits per heavy atom. The predicted octanol–water partition coefficient (Wildman–Crippen LogP) is 1.16. The molecule has 0 fully saturated rings. The van der Waals surface area contributed by atoms with Gasteiger partial charge in [-0.25, -0.2) is 9.90 Å². The molecule has 8 heavy (non-hydrogen) atoms. The third-order valence-corrected chi connectivity index (χ3v) is 0.617. The van der Waals surface area contributed by atoms with E-state index in [0.29, 0.717) is 0 Å². The lowest BCUT2D eigenvalue weighted by Gasteiger charge is -1.87. The maximum absolute atomic E-state index is 9.71. The summed E-state index contributed by atoms with van der Waals surface area (Å²) in [6.07, 6.45) is 2.62. The molecule has 0 spiro atoms. The highest BCUT2D eigenvalue weighted by Gasteiger charge is 1.89. The van der Waals surface area contributed by atoms with Crippen LogP contribution in [0.25, 0.3) is 0 Å². The van der Waals surface area contributed by atoms with Gasteiger partial charge in [0.05, 0.1) is 0 Å². The molecule has 0 aromatic carbocycles. The molecule has 0 rings (SSSR count). The number of carbonyl (C=O) groups is 1. The lowest BCUT2D eigenvalue weighted by molar-refractivity contribution is -0.137. The van der Waals surface area contributed by atoms with Crippen molar-refractivity contribution in [3.05, 3.63) is 12.2 Å². The van der Waals surface area contributed by atoms with Crippen LogP contribution in [0.1, 0.15) is 13.8 Å². The molecule has 0 saturated carbocycles. The Balaban J connectivity index is 3.50.